The van der Waals surface area contributed by atoms with Crippen molar-refractivity contribution in [3.8, 4) is 0 Å². The van der Waals surface area contributed by atoms with Crippen LogP contribution in [0.2, 0.25) is 0 Å². The van der Waals surface area contributed by atoms with Crippen molar-refractivity contribution in [1.82, 2.24) is 4.90 Å². The molecular formula is C14H25NO. The third-order valence-electron chi connectivity index (χ3n) is 3.36. The molecule has 0 aromatic rings. The van der Waals surface area contributed by atoms with Gasteiger partial charge in [-0.15, -0.1) is 0 Å². The van der Waals surface area contributed by atoms with Gasteiger partial charge in [-0.3, -0.25) is 4.79 Å². The zero-order valence-electron chi connectivity index (χ0n) is 10.7. The van der Waals surface area contributed by atoms with Gasteiger partial charge in [-0.1, -0.05) is 38.7 Å². The predicted molar refractivity (Wildman–Crippen MR) is 68.3 cm³/mol. The molecule has 1 amide bonds. The van der Waals surface area contributed by atoms with E-state index in [1.165, 1.54) is 32.1 Å². The highest BCUT2D eigenvalue weighted by Crippen LogP contribution is 2.22. The minimum Gasteiger partial charge on any atom is -0.336 e. The van der Waals surface area contributed by atoms with Crippen molar-refractivity contribution in [2.24, 2.45) is 0 Å². The predicted octanol–water partition coefficient (Wildman–Crippen LogP) is 3.52. The minimum atomic E-state index is 0.211. The zero-order valence-corrected chi connectivity index (χ0v) is 10.7. The summed E-state index contributed by atoms with van der Waals surface area (Å²) in [5.41, 5.74) is 0. The molecule has 2 nitrogen and oxygen atoms in total. The first-order valence-electron chi connectivity index (χ1n) is 6.76. The first-order valence-corrected chi connectivity index (χ1v) is 6.76. The largest absolute Gasteiger partial charge is 0.336 e. The number of nitrogens with zero attached hydrogens (tertiary/aromatic N) is 1. The van der Waals surface area contributed by atoms with Crippen LogP contribution in [0.5, 0.6) is 0 Å². The molecule has 0 spiro atoms. The first kappa shape index (κ1) is 13.3. The van der Waals surface area contributed by atoms with Gasteiger partial charge in [0.2, 0.25) is 5.91 Å². The summed E-state index contributed by atoms with van der Waals surface area (Å²) in [5, 5.41) is 0. The Kier molecular flexibility index (Phi) is 6.20. The maximum Gasteiger partial charge on any atom is 0.246 e. The second-order valence-corrected chi connectivity index (χ2v) is 4.61. The van der Waals surface area contributed by atoms with E-state index in [2.05, 4.69) is 13.8 Å². The number of likely N-dealkylation sites (N-methyl/N-ethyl adjacent to an activating group) is 1. The summed E-state index contributed by atoms with van der Waals surface area (Å²) in [7, 11) is 0. The monoisotopic (exact) mass is 223 g/mol. The van der Waals surface area contributed by atoms with Crippen LogP contribution >= 0.6 is 0 Å². The molecular weight excluding hydrogens is 198 g/mol. The lowest BCUT2D eigenvalue weighted by Gasteiger charge is -2.32. The van der Waals surface area contributed by atoms with Crippen molar-refractivity contribution < 1.29 is 4.79 Å². The number of amides is 1. The highest BCUT2D eigenvalue weighted by atomic mass is 16.2. The fourth-order valence-corrected chi connectivity index (χ4v) is 2.43. The number of carbonyl (C=O) groups is 1. The van der Waals surface area contributed by atoms with Gasteiger partial charge in [-0.25, -0.2) is 0 Å². The number of unbranched alkanes of at least 4 members (excludes halogenated alkanes) is 1. The van der Waals surface area contributed by atoms with Crippen molar-refractivity contribution in [2.75, 3.05) is 6.54 Å². The van der Waals surface area contributed by atoms with Gasteiger partial charge in [0, 0.05) is 12.6 Å². The summed E-state index contributed by atoms with van der Waals surface area (Å²) in [4.78, 5) is 14.0. The summed E-state index contributed by atoms with van der Waals surface area (Å²) >= 11 is 0. The molecule has 0 aromatic heterocycles. The molecule has 0 unspecified atom stereocenters. The Morgan fingerprint density at radius 3 is 2.50 bits per heavy atom. The van der Waals surface area contributed by atoms with E-state index in [0.29, 0.717) is 6.04 Å². The summed E-state index contributed by atoms with van der Waals surface area (Å²) in [5.74, 6) is 0.211. The normalized spacial score (nSPS) is 17.9. The molecule has 0 N–H and O–H groups in total. The van der Waals surface area contributed by atoms with Gasteiger partial charge in [0.1, 0.15) is 0 Å². The number of rotatable bonds is 5. The fourth-order valence-electron chi connectivity index (χ4n) is 2.43. The van der Waals surface area contributed by atoms with Crippen LogP contribution in [-0.4, -0.2) is 23.4 Å². The Morgan fingerprint density at radius 1 is 1.25 bits per heavy atom. The van der Waals surface area contributed by atoms with Gasteiger partial charge in [0.25, 0.3) is 0 Å². The summed E-state index contributed by atoms with van der Waals surface area (Å²) < 4.78 is 0. The molecule has 1 rings (SSSR count). The van der Waals surface area contributed by atoms with E-state index < -0.39 is 0 Å². The molecule has 0 atom stereocenters. The second kappa shape index (κ2) is 7.48. The quantitative estimate of drug-likeness (QED) is 0.653. The van der Waals surface area contributed by atoms with Crippen LogP contribution in [0.15, 0.2) is 12.2 Å². The minimum absolute atomic E-state index is 0.211. The van der Waals surface area contributed by atoms with Crippen LogP contribution in [-0.2, 0) is 4.79 Å². The highest BCUT2D eigenvalue weighted by molar-refractivity contribution is 5.87. The molecule has 1 aliphatic carbocycles. The third kappa shape index (κ3) is 3.99. The number of carbonyl (C=O) groups excluding carboxylic acids is 1. The molecule has 1 aliphatic rings. The Hall–Kier alpha value is -0.790. The molecule has 92 valence electrons. The lowest BCUT2D eigenvalue weighted by molar-refractivity contribution is -0.128. The molecule has 0 heterocycles. The van der Waals surface area contributed by atoms with E-state index in [1.807, 2.05) is 11.0 Å². The van der Waals surface area contributed by atoms with Crippen molar-refractivity contribution in [1.29, 1.82) is 0 Å². The standard InChI is InChI=1S/C14H25NO/c1-3-5-7-12-14(16)15(4-2)13-10-8-6-9-11-13/h7,12-13H,3-6,8-11H2,1-2H3/b12-7+. The van der Waals surface area contributed by atoms with E-state index >= 15 is 0 Å². The lowest BCUT2D eigenvalue weighted by Crippen LogP contribution is -2.40. The average molecular weight is 223 g/mol. The lowest BCUT2D eigenvalue weighted by atomic mass is 9.94. The summed E-state index contributed by atoms with van der Waals surface area (Å²) in [6.45, 7) is 5.06. The second-order valence-electron chi connectivity index (χ2n) is 4.61. The van der Waals surface area contributed by atoms with E-state index in [1.54, 1.807) is 6.08 Å². The maximum atomic E-state index is 12.0. The number of hydrogen-bond donors (Lipinski definition) is 0. The van der Waals surface area contributed by atoms with Crippen LogP contribution < -0.4 is 0 Å². The van der Waals surface area contributed by atoms with Gasteiger partial charge < -0.3 is 4.90 Å². The van der Waals surface area contributed by atoms with Crippen molar-refractivity contribution in [3.05, 3.63) is 12.2 Å². The van der Waals surface area contributed by atoms with Crippen molar-refractivity contribution in [2.45, 2.75) is 64.8 Å². The molecule has 16 heavy (non-hydrogen) atoms. The molecule has 1 fully saturated rings. The van der Waals surface area contributed by atoms with Crippen LogP contribution in [0.25, 0.3) is 0 Å². The maximum absolute atomic E-state index is 12.0. The van der Waals surface area contributed by atoms with Gasteiger partial charge in [0.05, 0.1) is 0 Å². The van der Waals surface area contributed by atoms with E-state index in [4.69, 9.17) is 0 Å². The third-order valence-corrected chi connectivity index (χ3v) is 3.36. The molecule has 0 radical (unpaired) electrons. The van der Waals surface area contributed by atoms with Gasteiger partial charge in [-0.05, 0) is 32.3 Å². The van der Waals surface area contributed by atoms with E-state index in [0.717, 1.165) is 19.4 Å². The Balaban J connectivity index is 2.48. The topological polar surface area (TPSA) is 20.3 Å². The molecule has 1 saturated carbocycles. The van der Waals surface area contributed by atoms with Crippen molar-refractivity contribution in [3.63, 3.8) is 0 Å². The van der Waals surface area contributed by atoms with Crippen LogP contribution in [0, 0.1) is 0 Å². The van der Waals surface area contributed by atoms with Crippen LogP contribution in [0.4, 0.5) is 0 Å². The molecule has 0 bridgehead atoms. The number of allylic oxidation sites excluding steroid dienone is 1. The summed E-state index contributed by atoms with van der Waals surface area (Å²) in [6, 6.07) is 0.498. The van der Waals surface area contributed by atoms with Crippen LogP contribution in [0.3, 0.4) is 0 Å². The molecule has 0 saturated heterocycles. The SMILES string of the molecule is CCC/C=C/C(=O)N(CC)C1CCCCC1. The van der Waals surface area contributed by atoms with E-state index in [-0.39, 0.29) is 5.91 Å². The van der Waals surface area contributed by atoms with Gasteiger partial charge in [0.15, 0.2) is 0 Å². The fraction of sp³-hybridized carbons (Fsp3) is 0.786. The highest BCUT2D eigenvalue weighted by Gasteiger charge is 2.22. The Morgan fingerprint density at radius 2 is 1.94 bits per heavy atom. The van der Waals surface area contributed by atoms with Crippen LogP contribution in [0.1, 0.15) is 58.8 Å². The molecule has 0 aromatic carbocycles. The Bertz CT molecular complexity index is 229. The average Bonchev–Trinajstić information content (AvgIpc) is 2.32. The van der Waals surface area contributed by atoms with Gasteiger partial charge >= 0.3 is 0 Å². The van der Waals surface area contributed by atoms with E-state index in [9.17, 15) is 4.79 Å². The number of hydrogen-bond acceptors (Lipinski definition) is 1. The molecule has 0 aliphatic heterocycles. The first-order chi connectivity index (χ1) is 7.79. The Labute approximate surface area is 99.7 Å². The molecule has 2 heteroatoms. The van der Waals surface area contributed by atoms with Gasteiger partial charge in [-0.2, -0.15) is 0 Å². The smallest absolute Gasteiger partial charge is 0.246 e. The van der Waals surface area contributed by atoms with Crippen molar-refractivity contribution >= 4 is 5.91 Å². The summed E-state index contributed by atoms with van der Waals surface area (Å²) in [6.07, 6.45) is 12.2. The zero-order chi connectivity index (χ0) is 11.8.